The molecule has 1 rings (SSSR count). The number of aryl methyl sites for hydroxylation is 2. The largest absolute Gasteiger partial charge is 0.409 e. The van der Waals surface area contributed by atoms with Crippen LogP contribution in [0.15, 0.2) is 5.16 Å². The first-order valence-electron chi connectivity index (χ1n) is 5.71. The Morgan fingerprint density at radius 3 is 2.72 bits per heavy atom. The lowest BCUT2D eigenvalue weighted by molar-refractivity contribution is 0.245. The molecule has 0 aromatic carbocycles. The van der Waals surface area contributed by atoms with E-state index in [9.17, 15) is 0 Å². The molecule has 0 saturated carbocycles. The van der Waals surface area contributed by atoms with Crippen LogP contribution in [0.5, 0.6) is 0 Å². The van der Waals surface area contributed by atoms with Crippen LogP contribution in [-0.4, -0.2) is 38.8 Å². The van der Waals surface area contributed by atoms with E-state index < -0.39 is 0 Å². The summed E-state index contributed by atoms with van der Waals surface area (Å²) < 4.78 is 1.78. The van der Waals surface area contributed by atoms with Gasteiger partial charge in [-0.25, -0.2) is 0 Å². The lowest BCUT2D eigenvalue weighted by Gasteiger charge is -2.24. The van der Waals surface area contributed by atoms with Crippen LogP contribution in [0.4, 0.5) is 0 Å². The average molecular weight is 274 g/mol. The van der Waals surface area contributed by atoms with E-state index in [0.717, 1.165) is 11.4 Å². The summed E-state index contributed by atoms with van der Waals surface area (Å²) in [6.07, 6.45) is 0.501. The van der Waals surface area contributed by atoms with Crippen LogP contribution < -0.4 is 5.73 Å². The molecule has 18 heavy (non-hydrogen) atoms. The summed E-state index contributed by atoms with van der Waals surface area (Å²) in [4.78, 5) is 2.08. The van der Waals surface area contributed by atoms with Crippen LogP contribution in [0.25, 0.3) is 0 Å². The van der Waals surface area contributed by atoms with Crippen LogP contribution >= 0.6 is 11.6 Å². The maximum Gasteiger partial charge on any atom is 0.140 e. The summed E-state index contributed by atoms with van der Waals surface area (Å²) >= 11 is 6.20. The topological polar surface area (TPSA) is 79.7 Å². The van der Waals surface area contributed by atoms with Gasteiger partial charge in [-0.2, -0.15) is 5.10 Å². The Bertz CT molecular complexity index is 443. The maximum atomic E-state index is 8.56. The first kappa shape index (κ1) is 14.8. The molecule has 0 aliphatic carbocycles. The molecule has 0 spiro atoms. The minimum atomic E-state index is 0.146. The third-order valence-corrected chi connectivity index (χ3v) is 3.54. The van der Waals surface area contributed by atoms with E-state index >= 15 is 0 Å². The lowest BCUT2D eigenvalue weighted by Crippen LogP contribution is -2.33. The van der Waals surface area contributed by atoms with E-state index in [1.165, 1.54) is 0 Å². The van der Waals surface area contributed by atoms with Gasteiger partial charge < -0.3 is 10.9 Å². The Morgan fingerprint density at radius 2 is 2.28 bits per heavy atom. The molecule has 102 valence electrons. The van der Waals surface area contributed by atoms with Gasteiger partial charge in [0.25, 0.3) is 0 Å². The minimum Gasteiger partial charge on any atom is -0.409 e. The molecule has 0 radical (unpaired) electrons. The second kappa shape index (κ2) is 6.06. The van der Waals surface area contributed by atoms with E-state index in [2.05, 4.69) is 15.2 Å². The molecule has 0 amide bonds. The van der Waals surface area contributed by atoms with Crippen molar-refractivity contribution in [1.82, 2.24) is 14.7 Å². The third kappa shape index (κ3) is 3.36. The summed E-state index contributed by atoms with van der Waals surface area (Å²) in [7, 11) is 3.84. The predicted molar refractivity (Wildman–Crippen MR) is 71.9 cm³/mol. The SMILES string of the molecule is Cc1nn(C)c(CN(C)C(C)CC(N)=NO)c1Cl. The number of hydrogen-bond acceptors (Lipinski definition) is 4. The van der Waals surface area contributed by atoms with Crippen molar-refractivity contribution in [2.24, 2.45) is 17.9 Å². The van der Waals surface area contributed by atoms with Crippen molar-refractivity contribution in [3.05, 3.63) is 16.4 Å². The van der Waals surface area contributed by atoms with Gasteiger partial charge in [-0.3, -0.25) is 9.58 Å². The number of aromatic nitrogens is 2. The predicted octanol–water partition coefficient (Wildman–Crippen LogP) is 1.34. The molecule has 0 saturated heterocycles. The van der Waals surface area contributed by atoms with E-state index in [1.807, 2.05) is 27.9 Å². The summed E-state index contributed by atoms with van der Waals surface area (Å²) in [6, 6.07) is 0.146. The summed E-state index contributed by atoms with van der Waals surface area (Å²) in [5.74, 6) is 0.224. The number of nitrogens with zero attached hydrogens (tertiary/aromatic N) is 4. The molecule has 0 aliphatic rings. The fourth-order valence-corrected chi connectivity index (χ4v) is 1.96. The highest BCUT2D eigenvalue weighted by atomic mass is 35.5. The van der Waals surface area contributed by atoms with Crippen molar-refractivity contribution < 1.29 is 5.21 Å². The van der Waals surface area contributed by atoms with Crippen molar-refractivity contribution in [2.75, 3.05) is 7.05 Å². The summed E-state index contributed by atoms with van der Waals surface area (Å²) in [5.41, 5.74) is 7.29. The average Bonchev–Trinajstić information content (AvgIpc) is 2.55. The molecular weight excluding hydrogens is 254 g/mol. The van der Waals surface area contributed by atoms with Gasteiger partial charge in [0, 0.05) is 26.1 Å². The first-order chi connectivity index (χ1) is 8.36. The number of oxime groups is 1. The quantitative estimate of drug-likeness (QED) is 0.367. The Kier molecular flexibility index (Phi) is 4.98. The molecule has 7 heteroatoms. The van der Waals surface area contributed by atoms with E-state index in [1.54, 1.807) is 4.68 Å². The minimum absolute atomic E-state index is 0.146. The van der Waals surface area contributed by atoms with Gasteiger partial charge in [0.05, 0.1) is 16.4 Å². The third-order valence-electron chi connectivity index (χ3n) is 3.05. The van der Waals surface area contributed by atoms with E-state index in [4.69, 9.17) is 22.5 Å². The van der Waals surface area contributed by atoms with Crippen LogP contribution in [-0.2, 0) is 13.6 Å². The highest BCUT2D eigenvalue weighted by Crippen LogP contribution is 2.21. The lowest BCUT2D eigenvalue weighted by atomic mass is 10.2. The zero-order valence-electron chi connectivity index (χ0n) is 11.2. The van der Waals surface area contributed by atoms with Gasteiger partial charge in [-0.15, -0.1) is 0 Å². The summed E-state index contributed by atoms with van der Waals surface area (Å²) in [5, 5.41) is 16.5. The molecule has 1 unspecified atom stereocenters. The fourth-order valence-electron chi connectivity index (χ4n) is 1.74. The van der Waals surface area contributed by atoms with Gasteiger partial charge in [-0.05, 0) is 20.9 Å². The van der Waals surface area contributed by atoms with Gasteiger partial charge in [0.1, 0.15) is 5.84 Å². The highest BCUT2D eigenvalue weighted by Gasteiger charge is 2.17. The molecule has 1 atom stereocenters. The molecule has 1 heterocycles. The van der Waals surface area contributed by atoms with Crippen LogP contribution in [0.3, 0.4) is 0 Å². The number of nitrogens with two attached hydrogens (primary N) is 1. The smallest absolute Gasteiger partial charge is 0.140 e. The summed E-state index contributed by atoms with van der Waals surface area (Å²) in [6.45, 7) is 4.55. The Labute approximate surface area is 112 Å². The van der Waals surface area contributed by atoms with Gasteiger partial charge in [0.15, 0.2) is 0 Å². The van der Waals surface area contributed by atoms with Crippen LogP contribution in [0, 0.1) is 6.92 Å². The van der Waals surface area contributed by atoms with Crippen LogP contribution in [0.1, 0.15) is 24.7 Å². The molecule has 6 nitrogen and oxygen atoms in total. The molecule has 3 N–H and O–H groups in total. The first-order valence-corrected chi connectivity index (χ1v) is 6.09. The monoisotopic (exact) mass is 273 g/mol. The number of halogens is 1. The Morgan fingerprint density at radius 1 is 1.67 bits per heavy atom. The molecule has 0 bridgehead atoms. The van der Waals surface area contributed by atoms with E-state index in [0.29, 0.717) is 18.0 Å². The van der Waals surface area contributed by atoms with Crippen molar-refractivity contribution in [2.45, 2.75) is 32.9 Å². The maximum absolute atomic E-state index is 8.56. The number of rotatable bonds is 5. The standard InChI is InChI=1S/C11H20ClN5O/c1-7(5-10(13)15-18)16(3)6-9-11(12)8(2)14-17(9)4/h7,18H,5-6H2,1-4H3,(H2,13,15). The zero-order valence-corrected chi connectivity index (χ0v) is 11.9. The zero-order chi connectivity index (χ0) is 13.9. The normalized spacial score (nSPS) is 14.2. The van der Waals surface area contributed by atoms with Crippen molar-refractivity contribution in [3.63, 3.8) is 0 Å². The van der Waals surface area contributed by atoms with Crippen molar-refractivity contribution in [3.8, 4) is 0 Å². The number of amidine groups is 1. The van der Waals surface area contributed by atoms with Gasteiger partial charge in [-0.1, -0.05) is 16.8 Å². The second-order valence-electron chi connectivity index (χ2n) is 4.53. The molecule has 1 aromatic rings. The molecule has 0 fully saturated rings. The molecule has 0 aliphatic heterocycles. The fraction of sp³-hybridized carbons (Fsp3) is 0.636. The van der Waals surface area contributed by atoms with E-state index in [-0.39, 0.29) is 11.9 Å². The molecule has 1 aromatic heterocycles. The highest BCUT2D eigenvalue weighted by molar-refractivity contribution is 6.31. The van der Waals surface area contributed by atoms with Gasteiger partial charge in [0.2, 0.25) is 0 Å². The Hall–Kier alpha value is -1.27. The number of hydrogen-bond donors (Lipinski definition) is 2. The molecular formula is C11H20ClN5O. The van der Waals surface area contributed by atoms with Crippen molar-refractivity contribution in [1.29, 1.82) is 0 Å². The second-order valence-corrected chi connectivity index (χ2v) is 4.91. The van der Waals surface area contributed by atoms with Crippen LogP contribution in [0.2, 0.25) is 5.02 Å². The van der Waals surface area contributed by atoms with Crippen molar-refractivity contribution >= 4 is 17.4 Å². The Balaban J connectivity index is 2.72. The van der Waals surface area contributed by atoms with Gasteiger partial charge >= 0.3 is 0 Å².